The number of nitrogens with one attached hydrogen (secondary N) is 1. The molecule has 1 saturated heterocycles. The third-order valence-corrected chi connectivity index (χ3v) is 3.97. The molecule has 0 radical (unpaired) electrons. The van der Waals surface area contributed by atoms with E-state index in [0.717, 1.165) is 6.42 Å². The van der Waals surface area contributed by atoms with E-state index in [-0.39, 0.29) is 30.2 Å². The number of rotatable bonds is 5. The van der Waals surface area contributed by atoms with E-state index in [1.165, 1.54) is 6.07 Å². The van der Waals surface area contributed by atoms with Crippen LogP contribution in [0.15, 0.2) is 24.3 Å². The molecule has 3 N–H and O–H groups in total. The lowest BCUT2D eigenvalue weighted by Gasteiger charge is -2.26. The van der Waals surface area contributed by atoms with Crippen molar-refractivity contribution in [1.82, 2.24) is 5.32 Å². The number of halogens is 2. The maximum absolute atomic E-state index is 13.9. The number of carbonyl (C=O) groups is 1. The van der Waals surface area contributed by atoms with Crippen molar-refractivity contribution in [3.05, 3.63) is 35.6 Å². The first kappa shape index (κ1) is 18.9. The molecule has 1 amide bonds. The fourth-order valence-corrected chi connectivity index (χ4v) is 2.60. The van der Waals surface area contributed by atoms with Crippen molar-refractivity contribution in [2.45, 2.75) is 44.3 Å². The molecule has 0 bridgehead atoms. The third-order valence-electron chi connectivity index (χ3n) is 3.97. The first-order valence-corrected chi connectivity index (χ1v) is 7.32. The number of hydrogen-bond donors (Lipinski definition) is 2. The average molecular weight is 331 g/mol. The zero-order chi connectivity index (χ0) is 15.5. The average Bonchev–Trinajstić information content (AvgIpc) is 2.94. The summed E-state index contributed by atoms with van der Waals surface area (Å²) in [6, 6.07) is 6.64. The van der Waals surface area contributed by atoms with E-state index in [9.17, 15) is 9.18 Å². The van der Waals surface area contributed by atoms with Crippen LogP contribution in [-0.2, 0) is 14.9 Å². The molecular weight excluding hydrogens is 307 g/mol. The number of benzene rings is 1. The second-order valence-corrected chi connectivity index (χ2v) is 6.14. The van der Waals surface area contributed by atoms with Crippen LogP contribution in [0.4, 0.5) is 4.39 Å². The molecule has 0 unspecified atom stereocenters. The van der Waals surface area contributed by atoms with Crippen LogP contribution in [0.5, 0.6) is 0 Å². The van der Waals surface area contributed by atoms with Crippen molar-refractivity contribution in [3.8, 4) is 0 Å². The molecule has 4 nitrogen and oxygen atoms in total. The van der Waals surface area contributed by atoms with Crippen LogP contribution in [0.25, 0.3) is 0 Å². The van der Waals surface area contributed by atoms with E-state index in [1.807, 2.05) is 13.8 Å². The monoisotopic (exact) mass is 330 g/mol. The van der Waals surface area contributed by atoms with Crippen molar-refractivity contribution < 1.29 is 13.9 Å². The Hall–Kier alpha value is -1.17. The van der Waals surface area contributed by atoms with Crippen LogP contribution in [0, 0.1) is 5.82 Å². The van der Waals surface area contributed by atoms with Crippen molar-refractivity contribution in [1.29, 1.82) is 0 Å². The number of ether oxygens (including phenoxy) is 1. The van der Waals surface area contributed by atoms with Crippen LogP contribution in [0.1, 0.15) is 32.3 Å². The van der Waals surface area contributed by atoms with Crippen molar-refractivity contribution in [3.63, 3.8) is 0 Å². The largest absolute Gasteiger partial charge is 0.364 e. The Morgan fingerprint density at radius 2 is 2.09 bits per heavy atom. The maximum Gasteiger partial charge on any atom is 0.249 e. The Labute approximate surface area is 137 Å². The lowest BCUT2D eigenvalue weighted by Crippen LogP contribution is -2.42. The molecule has 0 spiro atoms. The zero-order valence-corrected chi connectivity index (χ0v) is 13.8. The lowest BCUT2D eigenvalue weighted by atomic mass is 9.84. The Bertz CT molecular complexity index is 511. The van der Waals surface area contributed by atoms with Gasteiger partial charge in [-0.15, -0.1) is 12.4 Å². The SMILES string of the molecule is CC(C)(CNC(=O)[C@@H]1CC[C@H](CN)O1)c1ccccc1F.Cl. The van der Waals surface area contributed by atoms with E-state index in [4.69, 9.17) is 10.5 Å². The minimum atomic E-state index is -0.479. The van der Waals surface area contributed by atoms with E-state index in [0.29, 0.717) is 25.1 Å². The Balaban J connectivity index is 0.00000242. The summed E-state index contributed by atoms with van der Waals surface area (Å²) in [5.74, 6) is -0.396. The summed E-state index contributed by atoms with van der Waals surface area (Å²) in [6.45, 7) is 4.61. The van der Waals surface area contributed by atoms with Crippen molar-refractivity contribution >= 4 is 18.3 Å². The zero-order valence-electron chi connectivity index (χ0n) is 13.0. The Morgan fingerprint density at radius 1 is 1.41 bits per heavy atom. The first-order chi connectivity index (χ1) is 9.94. The maximum atomic E-state index is 13.9. The number of nitrogens with two attached hydrogens (primary N) is 1. The smallest absolute Gasteiger partial charge is 0.249 e. The Kier molecular flexibility index (Phi) is 6.78. The van der Waals surface area contributed by atoms with Gasteiger partial charge in [0, 0.05) is 18.5 Å². The molecule has 1 aromatic rings. The second-order valence-electron chi connectivity index (χ2n) is 6.14. The molecule has 2 rings (SSSR count). The summed E-state index contributed by atoms with van der Waals surface area (Å²) in [5, 5.41) is 2.86. The van der Waals surface area contributed by atoms with Gasteiger partial charge in [0.25, 0.3) is 0 Å². The van der Waals surface area contributed by atoms with Gasteiger partial charge in [0.05, 0.1) is 6.10 Å². The number of carbonyl (C=O) groups excluding carboxylic acids is 1. The highest BCUT2D eigenvalue weighted by Crippen LogP contribution is 2.25. The van der Waals surface area contributed by atoms with Gasteiger partial charge in [0.15, 0.2) is 0 Å². The van der Waals surface area contributed by atoms with Gasteiger partial charge in [0.2, 0.25) is 5.91 Å². The van der Waals surface area contributed by atoms with E-state index in [2.05, 4.69) is 5.32 Å². The van der Waals surface area contributed by atoms with Gasteiger partial charge in [0.1, 0.15) is 11.9 Å². The molecule has 1 heterocycles. The van der Waals surface area contributed by atoms with E-state index in [1.54, 1.807) is 18.2 Å². The number of hydrogen-bond acceptors (Lipinski definition) is 3. The second kappa shape index (κ2) is 7.90. The molecule has 1 aliphatic rings. The minimum Gasteiger partial charge on any atom is -0.364 e. The summed E-state index contributed by atoms with van der Waals surface area (Å²) in [7, 11) is 0. The van der Waals surface area contributed by atoms with Crippen LogP contribution >= 0.6 is 12.4 Å². The highest BCUT2D eigenvalue weighted by molar-refractivity contribution is 5.85. The predicted molar refractivity (Wildman–Crippen MR) is 86.6 cm³/mol. The molecule has 22 heavy (non-hydrogen) atoms. The van der Waals surface area contributed by atoms with Gasteiger partial charge in [-0.05, 0) is 24.5 Å². The summed E-state index contributed by atoms with van der Waals surface area (Å²) in [6.07, 6.45) is 1.04. The molecular formula is C16H24ClFN2O2. The molecule has 2 atom stereocenters. The predicted octanol–water partition coefficient (Wildman–Crippen LogP) is 2.15. The standard InChI is InChI=1S/C16H23FN2O2.ClH/c1-16(2,12-5-3-4-6-13(12)17)10-19-15(20)14-8-7-11(9-18)21-14;/h3-6,11,14H,7-10,18H2,1-2H3,(H,19,20);1H/t11-,14+;/m1./s1. The van der Waals surface area contributed by atoms with Crippen LogP contribution < -0.4 is 11.1 Å². The summed E-state index contributed by atoms with van der Waals surface area (Å²) in [4.78, 5) is 12.1. The fraction of sp³-hybridized carbons (Fsp3) is 0.562. The topological polar surface area (TPSA) is 64.4 Å². The fourth-order valence-electron chi connectivity index (χ4n) is 2.60. The van der Waals surface area contributed by atoms with Crippen molar-refractivity contribution in [2.24, 2.45) is 5.73 Å². The molecule has 1 fully saturated rings. The summed E-state index contributed by atoms with van der Waals surface area (Å²) in [5.41, 5.74) is 5.65. The highest BCUT2D eigenvalue weighted by Gasteiger charge is 2.31. The minimum absolute atomic E-state index is 0. The van der Waals surface area contributed by atoms with Crippen LogP contribution in [0.3, 0.4) is 0 Å². The number of amides is 1. The van der Waals surface area contributed by atoms with E-state index < -0.39 is 11.5 Å². The molecule has 6 heteroatoms. The van der Waals surface area contributed by atoms with Gasteiger partial charge < -0.3 is 15.8 Å². The molecule has 1 aliphatic heterocycles. The molecule has 1 aromatic carbocycles. The Morgan fingerprint density at radius 3 is 2.68 bits per heavy atom. The summed E-state index contributed by atoms with van der Waals surface area (Å²) >= 11 is 0. The van der Waals surface area contributed by atoms with Gasteiger partial charge >= 0.3 is 0 Å². The van der Waals surface area contributed by atoms with Crippen LogP contribution in [0.2, 0.25) is 0 Å². The summed E-state index contributed by atoms with van der Waals surface area (Å²) < 4.78 is 19.4. The molecule has 0 saturated carbocycles. The molecule has 0 aliphatic carbocycles. The quantitative estimate of drug-likeness (QED) is 0.869. The van der Waals surface area contributed by atoms with Gasteiger partial charge in [-0.25, -0.2) is 4.39 Å². The van der Waals surface area contributed by atoms with Gasteiger partial charge in [-0.3, -0.25) is 4.79 Å². The molecule has 124 valence electrons. The highest BCUT2D eigenvalue weighted by atomic mass is 35.5. The van der Waals surface area contributed by atoms with Crippen LogP contribution in [-0.4, -0.2) is 31.2 Å². The van der Waals surface area contributed by atoms with E-state index >= 15 is 0 Å². The molecule has 0 aromatic heterocycles. The normalized spacial score (nSPS) is 21.3. The van der Waals surface area contributed by atoms with Gasteiger partial charge in [-0.2, -0.15) is 0 Å². The first-order valence-electron chi connectivity index (χ1n) is 7.32. The van der Waals surface area contributed by atoms with Crippen molar-refractivity contribution in [2.75, 3.05) is 13.1 Å². The van der Waals surface area contributed by atoms with Gasteiger partial charge in [-0.1, -0.05) is 32.0 Å². The third kappa shape index (κ3) is 4.41. The lowest BCUT2D eigenvalue weighted by molar-refractivity contribution is -0.132.